The third-order valence-corrected chi connectivity index (χ3v) is 2.91. The zero-order chi connectivity index (χ0) is 12.5. The number of imide groups is 1. The summed E-state index contributed by atoms with van der Waals surface area (Å²) < 4.78 is 0. The van der Waals surface area contributed by atoms with E-state index in [0.717, 1.165) is 16.9 Å². The number of rotatable bonds is 3. The molecule has 2 amide bonds. The summed E-state index contributed by atoms with van der Waals surface area (Å²) in [5, 5.41) is 0. The molecule has 0 saturated carbocycles. The van der Waals surface area contributed by atoms with Crippen LogP contribution in [0.4, 0.5) is 0 Å². The van der Waals surface area contributed by atoms with Crippen molar-refractivity contribution in [1.29, 1.82) is 0 Å². The number of H-pyrrole nitrogens is 1. The predicted octanol–water partition coefficient (Wildman–Crippen LogP) is 1.03. The van der Waals surface area contributed by atoms with Gasteiger partial charge in [-0.3, -0.25) is 14.5 Å². The van der Waals surface area contributed by atoms with Gasteiger partial charge in [0.25, 0.3) is 11.8 Å². The minimum Gasteiger partial charge on any atom is -0.342 e. The summed E-state index contributed by atoms with van der Waals surface area (Å²) in [5.74, 6) is 0.274. The Hall–Kier alpha value is -2.43. The number of benzene rings is 1. The normalized spacial score (nSPS) is 15.0. The highest BCUT2D eigenvalue weighted by Gasteiger charge is 2.22. The fraction of sp³-hybridized carbons (Fsp3) is 0.154. The van der Waals surface area contributed by atoms with E-state index < -0.39 is 0 Å². The van der Waals surface area contributed by atoms with Gasteiger partial charge in [-0.2, -0.15) is 0 Å². The first-order valence-electron chi connectivity index (χ1n) is 5.71. The lowest BCUT2D eigenvalue weighted by atomic mass is 10.3. The molecule has 0 atom stereocenters. The fourth-order valence-corrected chi connectivity index (χ4v) is 1.99. The standard InChI is InChI=1S/C13H11N3O2/c17-12-5-6-13(18)16(12)8-7-11-14-9-3-1-2-4-10(9)15-11/h1-6H,7-8H2,(H,14,15). The summed E-state index contributed by atoms with van der Waals surface area (Å²) in [4.78, 5) is 31.5. The van der Waals surface area contributed by atoms with Crippen LogP contribution in [0.5, 0.6) is 0 Å². The molecule has 1 N–H and O–H groups in total. The summed E-state index contributed by atoms with van der Waals surface area (Å²) in [6, 6.07) is 7.72. The lowest BCUT2D eigenvalue weighted by Gasteiger charge is -2.11. The smallest absolute Gasteiger partial charge is 0.253 e. The van der Waals surface area contributed by atoms with E-state index >= 15 is 0 Å². The summed E-state index contributed by atoms with van der Waals surface area (Å²) >= 11 is 0. The Morgan fingerprint density at radius 2 is 1.83 bits per heavy atom. The Labute approximate surface area is 103 Å². The number of nitrogens with one attached hydrogen (secondary N) is 1. The quantitative estimate of drug-likeness (QED) is 0.816. The van der Waals surface area contributed by atoms with Gasteiger partial charge in [0.05, 0.1) is 11.0 Å². The van der Waals surface area contributed by atoms with Gasteiger partial charge >= 0.3 is 0 Å². The molecule has 0 spiro atoms. The molecule has 1 aromatic carbocycles. The van der Waals surface area contributed by atoms with Gasteiger partial charge in [0.15, 0.2) is 0 Å². The molecule has 18 heavy (non-hydrogen) atoms. The van der Waals surface area contributed by atoms with Crippen LogP contribution in [0.3, 0.4) is 0 Å². The lowest BCUT2D eigenvalue weighted by molar-refractivity contribution is -0.136. The molecule has 0 fully saturated rings. The van der Waals surface area contributed by atoms with Crippen molar-refractivity contribution in [3.05, 3.63) is 42.2 Å². The second kappa shape index (κ2) is 4.10. The largest absolute Gasteiger partial charge is 0.342 e. The first kappa shape index (κ1) is 10.7. The third kappa shape index (κ3) is 1.79. The summed E-state index contributed by atoms with van der Waals surface area (Å²) in [6.07, 6.45) is 3.12. The maximum absolute atomic E-state index is 11.4. The molecule has 0 radical (unpaired) electrons. The molecule has 0 saturated heterocycles. The molecule has 3 rings (SSSR count). The first-order valence-corrected chi connectivity index (χ1v) is 5.71. The number of nitrogens with zero attached hydrogens (tertiary/aromatic N) is 2. The van der Waals surface area contributed by atoms with Crippen molar-refractivity contribution in [2.75, 3.05) is 6.54 Å². The molecule has 5 nitrogen and oxygen atoms in total. The van der Waals surface area contributed by atoms with Crippen LogP contribution in [0.2, 0.25) is 0 Å². The topological polar surface area (TPSA) is 66.1 Å². The van der Waals surface area contributed by atoms with Gasteiger partial charge in [-0.05, 0) is 12.1 Å². The van der Waals surface area contributed by atoms with E-state index in [9.17, 15) is 9.59 Å². The fourth-order valence-electron chi connectivity index (χ4n) is 1.99. The highest BCUT2D eigenvalue weighted by Crippen LogP contribution is 2.11. The predicted molar refractivity (Wildman–Crippen MR) is 65.7 cm³/mol. The van der Waals surface area contributed by atoms with Crippen molar-refractivity contribution in [3.63, 3.8) is 0 Å². The van der Waals surface area contributed by atoms with E-state index in [4.69, 9.17) is 0 Å². The molecule has 5 heteroatoms. The van der Waals surface area contributed by atoms with Crippen molar-refractivity contribution in [2.45, 2.75) is 6.42 Å². The van der Waals surface area contributed by atoms with Crippen LogP contribution in [-0.4, -0.2) is 33.2 Å². The molecule has 1 aliphatic rings. The highest BCUT2D eigenvalue weighted by atomic mass is 16.2. The molecule has 90 valence electrons. The van der Waals surface area contributed by atoms with Crippen LogP contribution in [0.15, 0.2) is 36.4 Å². The number of aromatic amines is 1. The Balaban J connectivity index is 1.73. The maximum atomic E-state index is 11.4. The van der Waals surface area contributed by atoms with Gasteiger partial charge < -0.3 is 4.98 Å². The molecule has 0 bridgehead atoms. The second-order valence-corrected chi connectivity index (χ2v) is 4.11. The van der Waals surface area contributed by atoms with E-state index in [1.165, 1.54) is 17.1 Å². The van der Waals surface area contributed by atoms with E-state index in [2.05, 4.69) is 9.97 Å². The number of imidazole rings is 1. The SMILES string of the molecule is O=C1C=CC(=O)N1CCc1nc2ccccc2[nH]1. The van der Waals surface area contributed by atoms with Gasteiger partial charge in [0.2, 0.25) is 0 Å². The van der Waals surface area contributed by atoms with Gasteiger partial charge in [0, 0.05) is 25.1 Å². The molecule has 2 heterocycles. The van der Waals surface area contributed by atoms with Crippen LogP contribution < -0.4 is 0 Å². The van der Waals surface area contributed by atoms with E-state index in [1.807, 2.05) is 24.3 Å². The van der Waals surface area contributed by atoms with Crippen molar-refractivity contribution in [1.82, 2.24) is 14.9 Å². The van der Waals surface area contributed by atoms with Crippen molar-refractivity contribution < 1.29 is 9.59 Å². The lowest BCUT2D eigenvalue weighted by Crippen LogP contribution is -2.32. The Kier molecular flexibility index (Phi) is 2.44. The molecule has 1 aromatic heterocycles. The van der Waals surface area contributed by atoms with Crippen LogP contribution in [0.25, 0.3) is 11.0 Å². The van der Waals surface area contributed by atoms with E-state index in [-0.39, 0.29) is 11.8 Å². The maximum Gasteiger partial charge on any atom is 0.253 e. The number of para-hydroxylation sites is 2. The number of fused-ring (bicyclic) bond motifs is 1. The van der Waals surface area contributed by atoms with Crippen molar-refractivity contribution in [2.24, 2.45) is 0 Å². The Morgan fingerprint density at radius 1 is 1.11 bits per heavy atom. The Morgan fingerprint density at radius 3 is 2.56 bits per heavy atom. The average molecular weight is 241 g/mol. The first-order chi connectivity index (χ1) is 8.74. The van der Waals surface area contributed by atoms with Crippen LogP contribution in [0, 0.1) is 0 Å². The number of hydrogen-bond donors (Lipinski definition) is 1. The second-order valence-electron chi connectivity index (χ2n) is 4.11. The average Bonchev–Trinajstić information content (AvgIpc) is 2.91. The van der Waals surface area contributed by atoms with E-state index in [0.29, 0.717) is 13.0 Å². The zero-order valence-electron chi connectivity index (χ0n) is 9.59. The van der Waals surface area contributed by atoms with Crippen LogP contribution in [-0.2, 0) is 16.0 Å². The van der Waals surface area contributed by atoms with Gasteiger partial charge in [-0.25, -0.2) is 4.98 Å². The molecule has 1 aliphatic heterocycles. The summed E-state index contributed by atoms with van der Waals surface area (Å²) in [7, 11) is 0. The Bertz CT molecular complexity index is 606. The minimum atomic E-state index is -0.254. The van der Waals surface area contributed by atoms with Crippen LogP contribution >= 0.6 is 0 Å². The van der Waals surface area contributed by atoms with Gasteiger partial charge in [-0.15, -0.1) is 0 Å². The minimum absolute atomic E-state index is 0.254. The molecule has 0 aliphatic carbocycles. The molecule has 2 aromatic rings. The van der Waals surface area contributed by atoms with Gasteiger partial charge in [0.1, 0.15) is 5.82 Å². The summed E-state index contributed by atoms with van der Waals surface area (Å²) in [5.41, 5.74) is 1.86. The third-order valence-electron chi connectivity index (χ3n) is 2.91. The molecule has 0 unspecified atom stereocenters. The number of amides is 2. The molecular formula is C13H11N3O2. The summed E-state index contributed by atoms with van der Waals surface area (Å²) in [6.45, 7) is 0.352. The monoisotopic (exact) mass is 241 g/mol. The number of carbonyl (C=O) groups is 2. The molecular weight excluding hydrogens is 230 g/mol. The van der Waals surface area contributed by atoms with Crippen LogP contribution in [0.1, 0.15) is 5.82 Å². The van der Waals surface area contributed by atoms with Crippen molar-refractivity contribution in [3.8, 4) is 0 Å². The number of hydrogen-bond acceptors (Lipinski definition) is 3. The highest BCUT2D eigenvalue weighted by molar-refractivity contribution is 6.12. The number of aromatic nitrogens is 2. The zero-order valence-corrected chi connectivity index (χ0v) is 9.59. The van der Waals surface area contributed by atoms with Crippen molar-refractivity contribution >= 4 is 22.8 Å². The van der Waals surface area contributed by atoms with Gasteiger partial charge in [-0.1, -0.05) is 12.1 Å². The number of carbonyl (C=O) groups excluding carboxylic acids is 2. The van der Waals surface area contributed by atoms with E-state index in [1.54, 1.807) is 0 Å².